The third-order valence-corrected chi connectivity index (χ3v) is 5.71. The zero-order valence-electron chi connectivity index (χ0n) is 8.86. The first-order valence-corrected chi connectivity index (χ1v) is 7.89. The van der Waals surface area contributed by atoms with Gasteiger partial charge in [0.1, 0.15) is 15.8 Å². The highest BCUT2D eigenvalue weighted by Gasteiger charge is 2.22. The number of sulfone groups is 1. The first-order valence-electron chi connectivity index (χ1n) is 4.54. The number of rotatable bonds is 5. The Balaban J connectivity index is 2.19. The number of methoxy groups -OCH3 is 1. The molecular formula is C8H9N3O3S3. The normalized spacial score (nSPS) is 11.8. The lowest BCUT2D eigenvalue weighted by molar-refractivity contribution is 0.184. The van der Waals surface area contributed by atoms with Crippen LogP contribution < -0.4 is 0 Å². The van der Waals surface area contributed by atoms with Gasteiger partial charge in [-0.05, 0) is 0 Å². The van der Waals surface area contributed by atoms with E-state index in [-0.39, 0.29) is 16.7 Å². The molecule has 0 amide bonds. The summed E-state index contributed by atoms with van der Waals surface area (Å²) in [6.07, 6.45) is 1.58. The molecule has 0 atom stereocenters. The third-order valence-electron chi connectivity index (χ3n) is 1.78. The minimum atomic E-state index is -3.44. The quantitative estimate of drug-likeness (QED) is 0.821. The minimum absolute atomic E-state index is 0.0137. The van der Waals surface area contributed by atoms with Crippen molar-refractivity contribution in [1.82, 2.24) is 15.2 Å². The Labute approximate surface area is 106 Å². The Hall–Kier alpha value is -0.900. The molecule has 0 spiro atoms. The van der Waals surface area contributed by atoms with E-state index in [1.807, 2.05) is 0 Å². The van der Waals surface area contributed by atoms with Crippen LogP contribution in [0.4, 0.5) is 0 Å². The molecule has 0 aliphatic heterocycles. The van der Waals surface area contributed by atoms with Crippen molar-refractivity contribution >= 4 is 32.5 Å². The predicted molar refractivity (Wildman–Crippen MR) is 63.6 cm³/mol. The van der Waals surface area contributed by atoms with Crippen molar-refractivity contribution in [2.75, 3.05) is 7.11 Å². The average molecular weight is 291 g/mol. The van der Waals surface area contributed by atoms with Gasteiger partial charge in [0.25, 0.3) is 0 Å². The smallest absolute Gasteiger partial charge is 0.233 e. The van der Waals surface area contributed by atoms with Gasteiger partial charge in [-0.25, -0.2) is 13.4 Å². The van der Waals surface area contributed by atoms with Crippen LogP contribution in [0.1, 0.15) is 10.0 Å². The molecule has 2 rings (SSSR count). The van der Waals surface area contributed by atoms with Gasteiger partial charge < -0.3 is 4.74 Å². The van der Waals surface area contributed by atoms with Crippen LogP contribution in [0.2, 0.25) is 0 Å². The summed E-state index contributed by atoms with van der Waals surface area (Å²) in [5.41, 5.74) is 0. The molecule has 0 N–H and O–H groups in total. The largest absolute Gasteiger partial charge is 0.377 e. The summed E-state index contributed by atoms with van der Waals surface area (Å²) in [7, 11) is -1.92. The molecule has 9 heteroatoms. The topological polar surface area (TPSA) is 82.0 Å². The van der Waals surface area contributed by atoms with Crippen molar-refractivity contribution in [3.63, 3.8) is 0 Å². The van der Waals surface area contributed by atoms with Gasteiger partial charge in [-0.3, -0.25) is 0 Å². The fourth-order valence-electron chi connectivity index (χ4n) is 1.09. The van der Waals surface area contributed by atoms with Crippen LogP contribution in [-0.4, -0.2) is 30.7 Å². The Morgan fingerprint density at radius 1 is 1.35 bits per heavy atom. The van der Waals surface area contributed by atoms with E-state index in [2.05, 4.69) is 15.2 Å². The molecule has 0 saturated heterocycles. The lowest BCUT2D eigenvalue weighted by Crippen LogP contribution is -2.04. The second-order valence-electron chi connectivity index (χ2n) is 3.08. The summed E-state index contributed by atoms with van der Waals surface area (Å²) in [6, 6.07) is 0. The van der Waals surface area contributed by atoms with Crippen LogP contribution in [0.5, 0.6) is 0 Å². The fraction of sp³-hybridized carbons (Fsp3) is 0.375. The molecular weight excluding hydrogens is 282 g/mol. The molecule has 0 aliphatic rings. The lowest BCUT2D eigenvalue weighted by atomic mass is 10.8. The van der Waals surface area contributed by atoms with E-state index in [4.69, 9.17) is 4.74 Å². The first kappa shape index (κ1) is 12.6. The molecule has 2 aromatic heterocycles. The van der Waals surface area contributed by atoms with E-state index in [0.29, 0.717) is 10.0 Å². The number of thiazole rings is 1. The number of hydrogen-bond donors (Lipinski definition) is 0. The van der Waals surface area contributed by atoms with Gasteiger partial charge in [0.15, 0.2) is 0 Å². The summed E-state index contributed by atoms with van der Waals surface area (Å²) in [4.78, 5) is 3.94. The van der Waals surface area contributed by atoms with Gasteiger partial charge in [0.05, 0.1) is 6.61 Å². The van der Waals surface area contributed by atoms with Gasteiger partial charge in [0.2, 0.25) is 14.2 Å². The second-order valence-corrected chi connectivity index (χ2v) is 7.28. The van der Waals surface area contributed by atoms with E-state index >= 15 is 0 Å². The zero-order valence-corrected chi connectivity index (χ0v) is 11.3. The molecule has 92 valence electrons. The van der Waals surface area contributed by atoms with Crippen molar-refractivity contribution in [3.05, 3.63) is 21.6 Å². The van der Waals surface area contributed by atoms with E-state index in [1.54, 1.807) is 11.6 Å². The monoisotopic (exact) mass is 291 g/mol. The molecule has 0 aromatic carbocycles. The summed E-state index contributed by atoms with van der Waals surface area (Å²) in [5.74, 6) is -0.133. The molecule has 0 fully saturated rings. The van der Waals surface area contributed by atoms with Gasteiger partial charge in [-0.15, -0.1) is 21.5 Å². The Bertz CT molecular complexity index is 576. The third kappa shape index (κ3) is 3.06. The molecule has 0 unspecified atom stereocenters. The van der Waals surface area contributed by atoms with Gasteiger partial charge in [0, 0.05) is 18.7 Å². The van der Waals surface area contributed by atoms with E-state index in [0.717, 1.165) is 11.3 Å². The SMILES string of the molecule is COCc1nnc(S(=O)(=O)Cc2nccs2)s1. The Morgan fingerprint density at radius 2 is 2.18 bits per heavy atom. The summed E-state index contributed by atoms with van der Waals surface area (Å²) < 4.78 is 28.8. The van der Waals surface area contributed by atoms with Crippen molar-refractivity contribution in [2.24, 2.45) is 0 Å². The predicted octanol–water partition coefficient (Wildman–Crippen LogP) is 1.11. The van der Waals surface area contributed by atoms with Gasteiger partial charge in [-0.1, -0.05) is 11.3 Å². The molecule has 0 bridgehead atoms. The van der Waals surface area contributed by atoms with Crippen LogP contribution in [0.25, 0.3) is 0 Å². The number of nitrogens with zero attached hydrogens (tertiary/aromatic N) is 3. The maximum atomic E-state index is 12.0. The van der Waals surface area contributed by atoms with Crippen LogP contribution in [0, 0.1) is 0 Å². The summed E-state index contributed by atoms with van der Waals surface area (Å²) in [6.45, 7) is 0.268. The average Bonchev–Trinajstić information content (AvgIpc) is 2.88. The van der Waals surface area contributed by atoms with Gasteiger partial charge >= 0.3 is 0 Å². The minimum Gasteiger partial charge on any atom is -0.377 e. The molecule has 0 aliphatic carbocycles. The van der Waals surface area contributed by atoms with Gasteiger partial charge in [-0.2, -0.15) is 0 Å². The summed E-state index contributed by atoms with van der Waals surface area (Å²) >= 11 is 2.33. The van der Waals surface area contributed by atoms with Crippen molar-refractivity contribution < 1.29 is 13.2 Å². The highest BCUT2D eigenvalue weighted by atomic mass is 32.2. The molecule has 2 aromatic rings. The molecule has 2 heterocycles. The molecule has 0 radical (unpaired) electrons. The van der Waals surface area contributed by atoms with Crippen LogP contribution in [-0.2, 0) is 26.9 Å². The number of ether oxygens (including phenoxy) is 1. The molecule has 17 heavy (non-hydrogen) atoms. The van der Waals surface area contributed by atoms with Crippen molar-refractivity contribution in [2.45, 2.75) is 16.7 Å². The van der Waals surface area contributed by atoms with Crippen molar-refractivity contribution in [3.8, 4) is 0 Å². The maximum absolute atomic E-state index is 12.0. The lowest BCUT2D eigenvalue weighted by Gasteiger charge is -1.95. The molecule has 6 nitrogen and oxygen atoms in total. The van der Waals surface area contributed by atoms with E-state index < -0.39 is 9.84 Å². The Kier molecular flexibility index (Phi) is 3.82. The standard InChI is InChI=1S/C8H9N3O3S3/c1-14-4-6-10-11-8(16-6)17(12,13)5-7-9-2-3-15-7/h2-3H,4-5H2,1H3. The van der Waals surface area contributed by atoms with E-state index in [1.165, 1.54) is 18.4 Å². The highest BCUT2D eigenvalue weighted by molar-refractivity contribution is 7.92. The van der Waals surface area contributed by atoms with Crippen LogP contribution in [0.3, 0.4) is 0 Å². The summed E-state index contributed by atoms with van der Waals surface area (Å²) in [5, 5.41) is 10.2. The van der Waals surface area contributed by atoms with Crippen LogP contribution in [0.15, 0.2) is 15.9 Å². The first-order chi connectivity index (χ1) is 8.12. The number of hydrogen-bond acceptors (Lipinski definition) is 8. The molecule has 0 saturated carbocycles. The second kappa shape index (κ2) is 5.17. The van der Waals surface area contributed by atoms with Crippen LogP contribution >= 0.6 is 22.7 Å². The number of aromatic nitrogens is 3. The highest BCUT2D eigenvalue weighted by Crippen LogP contribution is 2.21. The fourth-order valence-corrected chi connectivity index (χ4v) is 4.44. The van der Waals surface area contributed by atoms with E-state index in [9.17, 15) is 8.42 Å². The van der Waals surface area contributed by atoms with Crippen molar-refractivity contribution in [1.29, 1.82) is 0 Å². The maximum Gasteiger partial charge on any atom is 0.233 e. The zero-order chi connectivity index (χ0) is 12.3. The Morgan fingerprint density at radius 3 is 2.82 bits per heavy atom.